The Morgan fingerprint density at radius 3 is 2.10 bits per heavy atom. The molecule has 0 spiro atoms. The van der Waals surface area contributed by atoms with Crippen LogP contribution in [0.3, 0.4) is 0 Å². The minimum Gasteiger partial charge on any atom is -0.481 e. The van der Waals surface area contributed by atoms with Crippen LogP contribution in [0, 0.1) is 23.2 Å². The van der Waals surface area contributed by atoms with E-state index >= 15 is 0 Å². The molecule has 0 aliphatic carbocycles. The minimum atomic E-state index is -0.801. The first kappa shape index (κ1) is 29.2. The highest BCUT2D eigenvalue weighted by Crippen LogP contribution is 2.22. The zero-order chi connectivity index (χ0) is 22.8. The van der Waals surface area contributed by atoms with Crippen LogP contribution in [-0.4, -0.2) is 35.0 Å². The summed E-state index contributed by atoms with van der Waals surface area (Å²) in [6.45, 7) is 12.0. The van der Waals surface area contributed by atoms with Crippen molar-refractivity contribution in [3.8, 4) is 0 Å². The molecule has 0 aromatic heterocycles. The summed E-state index contributed by atoms with van der Waals surface area (Å²) >= 11 is 1.61. The summed E-state index contributed by atoms with van der Waals surface area (Å²) in [6, 6.07) is 0. The maximum atomic E-state index is 10.9. The number of rotatable bonds is 20. The van der Waals surface area contributed by atoms with Crippen molar-refractivity contribution in [1.29, 1.82) is 5.41 Å². The molecule has 0 bridgehead atoms. The molecule has 0 amide bonds. The van der Waals surface area contributed by atoms with Crippen LogP contribution >= 0.6 is 11.8 Å². The van der Waals surface area contributed by atoms with Crippen molar-refractivity contribution in [1.82, 2.24) is 5.32 Å². The van der Waals surface area contributed by atoms with Gasteiger partial charge in [0.2, 0.25) is 0 Å². The van der Waals surface area contributed by atoms with Gasteiger partial charge in [0.1, 0.15) is 0 Å². The molecule has 0 aliphatic rings. The predicted molar refractivity (Wildman–Crippen MR) is 134 cm³/mol. The molecule has 0 saturated carbocycles. The molecule has 176 valence electrons. The normalized spacial score (nSPS) is 15.2. The highest BCUT2D eigenvalue weighted by atomic mass is 32.2. The minimum absolute atomic E-state index is 0.0826. The fraction of sp³-hybridized carbons (Fsp3) is 0.840. The van der Waals surface area contributed by atoms with Crippen molar-refractivity contribution in [3.63, 3.8) is 0 Å². The molecule has 0 aliphatic heterocycles. The summed E-state index contributed by atoms with van der Waals surface area (Å²) < 4.78 is 0. The molecule has 3 unspecified atom stereocenters. The number of hydrogen-bond acceptors (Lipinski definition) is 4. The first-order valence-electron chi connectivity index (χ1n) is 12.0. The summed E-state index contributed by atoms with van der Waals surface area (Å²) in [6.07, 6.45) is 15.5. The standard InChI is InChI=1S/C25H48N2O2S/c1-20(2)9-6-10-21(3)11-7-12-22(4)13-8-14-23(5)15-18-30-24(19-25(28)29)27-17-16-26/h15-16,20-22,24,26-27H,6-14,17-19H2,1-5H3,(H,28,29). The van der Waals surface area contributed by atoms with Crippen molar-refractivity contribution in [2.45, 2.75) is 104 Å². The smallest absolute Gasteiger partial charge is 0.305 e. The van der Waals surface area contributed by atoms with E-state index in [2.05, 4.69) is 46.0 Å². The molecule has 0 radical (unpaired) electrons. The van der Waals surface area contributed by atoms with E-state index in [1.807, 2.05) is 0 Å². The van der Waals surface area contributed by atoms with E-state index in [1.54, 1.807) is 11.8 Å². The van der Waals surface area contributed by atoms with Crippen LogP contribution in [0.5, 0.6) is 0 Å². The van der Waals surface area contributed by atoms with Gasteiger partial charge in [0.15, 0.2) is 0 Å². The van der Waals surface area contributed by atoms with E-state index in [0.29, 0.717) is 6.54 Å². The van der Waals surface area contributed by atoms with Gasteiger partial charge in [-0.1, -0.05) is 84.3 Å². The third-order valence-electron chi connectivity index (χ3n) is 5.68. The Morgan fingerprint density at radius 2 is 1.57 bits per heavy atom. The van der Waals surface area contributed by atoms with Crippen LogP contribution in [-0.2, 0) is 4.79 Å². The van der Waals surface area contributed by atoms with E-state index in [-0.39, 0.29) is 11.8 Å². The average Bonchev–Trinajstić information content (AvgIpc) is 2.65. The predicted octanol–water partition coefficient (Wildman–Crippen LogP) is 7.14. The highest BCUT2D eigenvalue weighted by molar-refractivity contribution is 8.00. The molecular formula is C25H48N2O2S. The fourth-order valence-corrected chi connectivity index (χ4v) is 4.74. The lowest BCUT2D eigenvalue weighted by Crippen LogP contribution is -2.30. The van der Waals surface area contributed by atoms with Gasteiger partial charge < -0.3 is 10.5 Å². The van der Waals surface area contributed by atoms with Gasteiger partial charge in [-0.15, -0.1) is 11.8 Å². The lowest BCUT2D eigenvalue weighted by molar-refractivity contribution is -0.137. The number of carboxylic acid groups (broad SMARTS) is 1. The Morgan fingerprint density at radius 1 is 1.00 bits per heavy atom. The van der Waals surface area contributed by atoms with Gasteiger partial charge in [-0.3, -0.25) is 10.1 Å². The Bertz CT molecular complexity index is 480. The SMILES string of the molecule is CC(=CCSC(CC(=O)O)NCC=N)CCCC(C)CCCC(C)CCCC(C)C. The molecule has 0 aromatic rings. The Hall–Kier alpha value is -0.810. The molecule has 0 saturated heterocycles. The molecule has 4 nitrogen and oxygen atoms in total. The van der Waals surface area contributed by atoms with Crippen molar-refractivity contribution < 1.29 is 9.90 Å². The number of carboxylic acids is 1. The van der Waals surface area contributed by atoms with E-state index in [0.717, 1.165) is 29.9 Å². The van der Waals surface area contributed by atoms with Crippen molar-refractivity contribution >= 4 is 23.9 Å². The highest BCUT2D eigenvalue weighted by Gasteiger charge is 2.12. The fourth-order valence-electron chi connectivity index (χ4n) is 3.65. The second-order valence-corrected chi connectivity index (χ2v) is 10.7. The second-order valence-electron chi connectivity index (χ2n) is 9.44. The van der Waals surface area contributed by atoms with Gasteiger partial charge in [-0.05, 0) is 37.5 Å². The lowest BCUT2D eigenvalue weighted by atomic mass is 9.91. The molecule has 0 fully saturated rings. The number of hydrogen-bond donors (Lipinski definition) is 3. The Labute approximate surface area is 190 Å². The molecule has 0 heterocycles. The largest absolute Gasteiger partial charge is 0.481 e. The summed E-state index contributed by atoms with van der Waals surface area (Å²) in [4.78, 5) is 10.9. The molecule has 3 N–H and O–H groups in total. The summed E-state index contributed by atoms with van der Waals surface area (Å²) in [7, 11) is 0. The van der Waals surface area contributed by atoms with Crippen LogP contribution in [0.15, 0.2) is 11.6 Å². The van der Waals surface area contributed by atoms with Crippen LogP contribution in [0.4, 0.5) is 0 Å². The van der Waals surface area contributed by atoms with Gasteiger partial charge in [-0.25, -0.2) is 0 Å². The van der Waals surface area contributed by atoms with Gasteiger partial charge >= 0.3 is 5.97 Å². The quantitative estimate of drug-likeness (QED) is 0.107. The Kier molecular flexibility index (Phi) is 18.4. The van der Waals surface area contributed by atoms with Gasteiger partial charge in [0.25, 0.3) is 0 Å². The van der Waals surface area contributed by atoms with Gasteiger partial charge in [-0.2, -0.15) is 0 Å². The first-order chi connectivity index (χ1) is 14.2. The number of carbonyl (C=O) groups is 1. The van der Waals surface area contributed by atoms with E-state index < -0.39 is 5.97 Å². The van der Waals surface area contributed by atoms with Crippen LogP contribution in [0.1, 0.15) is 98.8 Å². The topological polar surface area (TPSA) is 73.2 Å². The summed E-state index contributed by atoms with van der Waals surface area (Å²) in [5, 5.41) is 19.0. The van der Waals surface area contributed by atoms with Gasteiger partial charge in [0, 0.05) is 18.5 Å². The van der Waals surface area contributed by atoms with Crippen molar-refractivity contribution in [2.75, 3.05) is 12.3 Å². The first-order valence-corrected chi connectivity index (χ1v) is 13.0. The van der Waals surface area contributed by atoms with Crippen LogP contribution in [0.25, 0.3) is 0 Å². The summed E-state index contributed by atoms with van der Waals surface area (Å²) in [5.41, 5.74) is 1.40. The maximum absolute atomic E-state index is 10.9. The van der Waals surface area contributed by atoms with Gasteiger partial charge in [0.05, 0.1) is 11.8 Å². The van der Waals surface area contributed by atoms with Crippen molar-refractivity contribution in [2.24, 2.45) is 17.8 Å². The third kappa shape index (κ3) is 19.2. The number of nitrogens with one attached hydrogen (secondary N) is 2. The average molecular weight is 441 g/mol. The van der Waals surface area contributed by atoms with E-state index in [1.165, 1.54) is 63.2 Å². The molecule has 5 heteroatoms. The Balaban J connectivity index is 3.90. The second kappa shape index (κ2) is 18.9. The molecule has 30 heavy (non-hydrogen) atoms. The summed E-state index contributed by atoms with van der Waals surface area (Å²) in [5.74, 6) is 2.53. The zero-order valence-electron chi connectivity index (χ0n) is 20.2. The van der Waals surface area contributed by atoms with E-state index in [9.17, 15) is 4.79 Å². The van der Waals surface area contributed by atoms with Crippen LogP contribution < -0.4 is 5.32 Å². The molecule has 3 atom stereocenters. The maximum Gasteiger partial charge on any atom is 0.305 e. The number of aliphatic carboxylic acids is 1. The lowest BCUT2D eigenvalue weighted by Gasteiger charge is -2.15. The number of thioether (sulfide) groups is 1. The van der Waals surface area contributed by atoms with Crippen molar-refractivity contribution in [3.05, 3.63) is 11.6 Å². The third-order valence-corrected chi connectivity index (χ3v) is 6.77. The van der Waals surface area contributed by atoms with E-state index in [4.69, 9.17) is 10.5 Å². The number of allylic oxidation sites excluding steroid dienone is 1. The molecular weight excluding hydrogens is 392 g/mol. The zero-order valence-corrected chi connectivity index (χ0v) is 21.0. The monoisotopic (exact) mass is 440 g/mol. The molecule has 0 rings (SSSR count). The van der Waals surface area contributed by atoms with Crippen LogP contribution in [0.2, 0.25) is 0 Å². The molecule has 0 aromatic carbocycles.